The molecule has 1 amide bonds. The second kappa shape index (κ2) is 8.34. The lowest BCUT2D eigenvalue weighted by molar-refractivity contribution is -0.136. The Balaban J connectivity index is 2.38. The average molecular weight is 446 g/mol. The molecular formula is C16H19IN2O5. The van der Waals surface area contributed by atoms with E-state index in [1.807, 2.05) is 19.1 Å². The van der Waals surface area contributed by atoms with Gasteiger partial charge in [-0.3, -0.25) is 4.79 Å². The number of β-amino-alcohol motifs (C(OH)–C–C–N with tert-alkyl or cyclic N) is 1. The van der Waals surface area contributed by atoms with E-state index >= 15 is 0 Å². The van der Waals surface area contributed by atoms with Crippen molar-refractivity contribution < 1.29 is 24.2 Å². The fourth-order valence-corrected chi connectivity index (χ4v) is 2.86. The number of nitrogens with one attached hydrogen (secondary N) is 1. The van der Waals surface area contributed by atoms with Crippen LogP contribution in [0.1, 0.15) is 6.92 Å². The Labute approximate surface area is 153 Å². The number of rotatable bonds is 7. The van der Waals surface area contributed by atoms with Gasteiger partial charge in [-0.05, 0) is 47.7 Å². The minimum atomic E-state index is -0.574. The van der Waals surface area contributed by atoms with Crippen LogP contribution in [0.15, 0.2) is 29.5 Å². The molecule has 0 atom stereocenters. The predicted molar refractivity (Wildman–Crippen MR) is 96.7 cm³/mol. The number of carbonyl (C=O) groups excluding carboxylic acids is 2. The maximum atomic E-state index is 12.5. The molecule has 8 heteroatoms. The van der Waals surface area contributed by atoms with Gasteiger partial charge in [0.05, 0.1) is 38.1 Å². The third kappa shape index (κ3) is 3.99. The van der Waals surface area contributed by atoms with Crippen LogP contribution >= 0.6 is 22.6 Å². The third-order valence-electron chi connectivity index (χ3n) is 3.45. The molecule has 7 nitrogen and oxygen atoms in total. The van der Waals surface area contributed by atoms with Gasteiger partial charge in [-0.2, -0.15) is 0 Å². The van der Waals surface area contributed by atoms with Crippen molar-refractivity contribution in [1.82, 2.24) is 4.90 Å². The fraction of sp³-hybridized carbons (Fsp3) is 0.375. The lowest BCUT2D eigenvalue weighted by Crippen LogP contribution is -2.31. The van der Waals surface area contributed by atoms with Gasteiger partial charge in [0.1, 0.15) is 11.4 Å². The number of amides is 1. The minimum Gasteiger partial charge on any atom is -0.492 e. The Morgan fingerprint density at radius 3 is 2.83 bits per heavy atom. The number of aliphatic hydroxyl groups is 1. The lowest BCUT2D eigenvalue weighted by atomic mass is 10.2. The third-order valence-corrected chi connectivity index (χ3v) is 4.13. The molecule has 0 bridgehead atoms. The van der Waals surface area contributed by atoms with E-state index < -0.39 is 5.97 Å². The molecule has 1 aromatic rings. The van der Waals surface area contributed by atoms with Crippen LogP contribution in [-0.2, 0) is 14.3 Å². The quantitative estimate of drug-likeness (QED) is 0.486. The number of methoxy groups -OCH3 is 1. The van der Waals surface area contributed by atoms with Crippen molar-refractivity contribution in [3.05, 3.63) is 33.0 Å². The summed E-state index contributed by atoms with van der Waals surface area (Å²) in [5.41, 5.74) is 0.981. The van der Waals surface area contributed by atoms with Gasteiger partial charge >= 0.3 is 5.97 Å². The highest BCUT2D eigenvalue weighted by Crippen LogP contribution is 2.30. The molecule has 130 valence electrons. The van der Waals surface area contributed by atoms with Gasteiger partial charge in [-0.15, -0.1) is 0 Å². The summed E-state index contributed by atoms with van der Waals surface area (Å²) in [5.74, 6) is -0.344. The summed E-state index contributed by atoms with van der Waals surface area (Å²) >= 11 is 2.15. The SMILES string of the molecule is CCOc1ccc(I)cc1NC1=C(C(=O)OC)CN(CCO)C1=O. The number of esters is 1. The first-order chi connectivity index (χ1) is 11.5. The Hall–Kier alpha value is -1.81. The first-order valence-corrected chi connectivity index (χ1v) is 8.50. The van der Waals surface area contributed by atoms with Crippen molar-refractivity contribution in [1.29, 1.82) is 0 Å². The van der Waals surface area contributed by atoms with Crippen molar-refractivity contribution in [2.24, 2.45) is 0 Å². The van der Waals surface area contributed by atoms with Gasteiger partial charge in [0.25, 0.3) is 5.91 Å². The topological polar surface area (TPSA) is 88.1 Å². The summed E-state index contributed by atoms with van der Waals surface area (Å²) in [6.07, 6.45) is 0. The van der Waals surface area contributed by atoms with Gasteiger partial charge in [-0.1, -0.05) is 0 Å². The van der Waals surface area contributed by atoms with Gasteiger partial charge in [0.15, 0.2) is 0 Å². The molecule has 24 heavy (non-hydrogen) atoms. The van der Waals surface area contributed by atoms with E-state index in [-0.39, 0.29) is 36.9 Å². The van der Waals surface area contributed by atoms with E-state index in [2.05, 4.69) is 27.9 Å². The van der Waals surface area contributed by atoms with Gasteiger partial charge in [0, 0.05) is 10.1 Å². The monoisotopic (exact) mass is 446 g/mol. The zero-order valence-corrected chi connectivity index (χ0v) is 15.6. The zero-order valence-electron chi connectivity index (χ0n) is 13.5. The van der Waals surface area contributed by atoms with Crippen LogP contribution in [0.2, 0.25) is 0 Å². The number of carbonyl (C=O) groups is 2. The molecular weight excluding hydrogens is 427 g/mol. The number of hydrogen-bond acceptors (Lipinski definition) is 6. The van der Waals surface area contributed by atoms with Crippen LogP contribution in [0.4, 0.5) is 5.69 Å². The molecule has 1 aromatic carbocycles. The Morgan fingerprint density at radius 1 is 1.46 bits per heavy atom. The van der Waals surface area contributed by atoms with Crippen LogP contribution in [0, 0.1) is 3.57 Å². The summed E-state index contributed by atoms with van der Waals surface area (Å²) in [5, 5.41) is 12.1. The first-order valence-electron chi connectivity index (χ1n) is 7.42. The van der Waals surface area contributed by atoms with E-state index in [4.69, 9.17) is 14.6 Å². The molecule has 0 radical (unpaired) electrons. The molecule has 0 unspecified atom stereocenters. The molecule has 2 N–H and O–H groups in total. The Morgan fingerprint density at radius 2 is 2.21 bits per heavy atom. The number of hydrogen-bond donors (Lipinski definition) is 2. The molecule has 0 spiro atoms. The fourth-order valence-electron chi connectivity index (χ4n) is 2.36. The molecule has 0 saturated carbocycles. The minimum absolute atomic E-state index is 0.0995. The van der Waals surface area contributed by atoms with E-state index in [0.717, 1.165) is 3.57 Å². The van der Waals surface area contributed by atoms with E-state index in [1.165, 1.54) is 12.0 Å². The normalized spacial score (nSPS) is 14.2. The van der Waals surface area contributed by atoms with Crippen LogP contribution in [-0.4, -0.2) is 55.3 Å². The van der Waals surface area contributed by atoms with Crippen molar-refractivity contribution in [3.8, 4) is 5.75 Å². The highest BCUT2D eigenvalue weighted by Gasteiger charge is 2.34. The largest absolute Gasteiger partial charge is 0.492 e. The molecule has 0 aliphatic carbocycles. The van der Waals surface area contributed by atoms with Gasteiger partial charge < -0.3 is 24.8 Å². The maximum absolute atomic E-state index is 12.5. The average Bonchev–Trinajstić information content (AvgIpc) is 2.87. The van der Waals surface area contributed by atoms with E-state index in [1.54, 1.807) is 6.07 Å². The number of aliphatic hydroxyl groups excluding tert-OH is 1. The number of nitrogens with zero attached hydrogens (tertiary/aromatic N) is 1. The predicted octanol–water partition coefficient (Wildman–Crippen LogP) is 1.36. The van der Waals surface area contributed by atoms with Crippen molar-refractivity contribution in [2.75, 3.05) is 38.7 Å². The summed E-state index contributed by atoms with van der Waals surface area (Å²) in [6.45, 7) is 2.41. The Bertz CT molecular complexity index is 674. The number of halogens is 1. The standard InChI is InChI=1S/C16H19IN2O5/c1-3-24-13-5-4-10(17)8-12(13)18-14-11(16(22)23-2)9-19(6-7-20)15(14)21/h4-5,8,18,20H,3,6-7,9H2,1-2H3. The number of ether oxygens (including phenoxy) is 2. The zero-order chi connectivity index (χ0) is 17.7. The summed E-state index contributed by atoms with van der Waals surface area (Å²) in [6, 6.07) is 5.52. The molecule has 1 aliphatic rings. The number of benzene rings is 1. The smallest absolute Gasteiger partial charge is 0.337 e. The molecule has 2 rings (SSSR count). The second-order valence-corrected chi connectivity index (χ2v) is 6.24. The highest BCUT2D eigenvalue weighted by molar-refractivity contribution is 14.1. The second-order valence-electron chi connectivity index (χ2n) is 4.99. The van der Waals surface area contributed by atoms with Crippen LogP contribution in [0.3, 0.4) is 0 Å². The van der Waals surface area contributed by atoms with E-state index in [9.17, 15) is 9.59 Å². The first kappa shape index (κ1) is 18.5. The van der Waals surface area contributed by atoms with Crippen molar-refractivity contribution >= 4 is 40.2 Å². The van der Waals surface area contributed by atoms with Gasteiger partial charge in [0.2, 0.25) is 0 Å². The number of anilines is 1. The van der Waals surface area contributed by atoms with Crippen LogP contribution in [0.5, 0.6) is 5.75 Å². The van der Waals surface area contributed by atoms with Crippen molar-refractivity contribution in [3.63, 3.8) is 0 Å². The molecule has 0 aromatic heterocycles. The molecule has 0 saturated heterocycles. The summed E-state index contributed by atoms with van der Waals surface area (Å²) in [7, 11) is 1.27. The van der Waals surface area contributed by atoms with Crippen LogP contribution < -0.4 is 10.1 Å². The molecule has 1 heterocycles. The lowest BCUT2D eigenvalue weighted by Gasteiger charge is -2.16. The molecule has 0 fully saturated rings. The van der Waals surface area contributed by atoms with Crippen LogP contribution in [0.25, 0.3) is 0 Å². The summed E-state index contributed by atoms with van der Waals surface area (Å²) in [4.78, 5) is 25.9. The summed E-state index contributed by atoms with van der Waals surface area (Å²) < 4.78 is 11.3. The van der Waals surface area contributed by atoms with E-state index in [0.29, 0.717) is 18.0 Å². The van der Waals surface area contributed by atoms with Gasteiger partial charge in [-0.25, -0.2) is 4.79 Å². The maximum Gasteiger partial charge on any atom is 0.337 e. The van der Waals surface area contributed by atoms with Crippen molar-refractivity contribution in [2.45, 2.75) is 6.92 Å². The molecule has 1 aliphatic heterocycles. The Kier molecular flexibility index (Phi) is 6.44. The highest BCUT2D eigenvalue weighted by atomic mass is 127.